The van der Waals surface area contributed by atoms with E-state index in [-0.39, 0.29) is 10.3 Å². The summed E-state index contributed by atoms with van der Waals surface area (Å²) in [7, 11) is 0. The Labute approximate surface area is 145 Å². The molecule has 0 saturated heterocycles. The van der Waals surface area contributed by atoms with Crippen molar-refractivity contribution in [3.8, 4) is 0 Å². The molecule has 112 valence electrons. The standard InChI is InChI=1S/C16H11BrNO2S2/c17-15-13(11-7-3-1-4-8-11)22-16(18(19)20)14(21-15)12-9-5-2-6-10-12/h1-10,19H/q-1. The Morgan fingerprint density at radius 3 is 1.82 bits per heavy atom. The Bertz CT molecular complexity index is 730. The lowest BCUT2D eigenvalue weighted by atomic mass is 10.2. The molecule has 0 aromatic heterocycles. The molecule has 1 N–H and O–H groups in total. The van der Waals surface area contributed by atoms with Gasteiger partial charge in [0, 0.05) is 4.91 Å². The molecule has 2 aromatic rings. The highest BCUT2D eigenvalue weighted by Crippen LogP contribution is 2.55. The van der Waals surface area contributed by atoms with Gasteiger partial charge in [0.2, 0.25) is 0 Å². The second-order valence-electron chi connectivity index (χ2n) is 4.45. The maximum atomic E-state index is 11.6. The van der Waals surface area contributed by atoms with Crippen LogP contribution >= 0.6 is 39.5 Å². The largest absolute Gasteiger partial charge is 0.733 e. The molecule has 0 radical (unpaired) electrons. The summed E-state index contributed by atoms with van der Waals surface area (Å²) in [6, 6.07) is 19.3. The van der Waals surface area contributed by atoms with E-state index < -0.39 is 0 Å². The first kappa shape index (κ1) is 15.7. The first-order valence-corrected chi connectivity index (χ1v) is 8.86. The van der Waals surface area contributed by atoms with Crippen LogP contribution in [0.5, 0.6) is 0 Å². The third-order valence-electron chi connectivity index (χ3n) is 3.01. The van der Waals surface area contributed by atoms with Gasteiger partial charge >= 0.3 is 0 Å². The zero-order valence-corrected chi connectivity index (χ0v) is 14.5. The minimum atomic E-state index is -0.0532. The lowest BCUT2D eigenvalue weighted by molar-refractivity contribution is 0.00809. The zero-order chi connectivity index (χ0) is 15.5. The molecule has 1 aliphatic heterocycles. The van der Waals surface area contributed by atoms with Crippen molar-refractivity contribution in [2.45, 2.75) is 0 Å². The summed E-state index contributed by atoms with van der Waals surface area (Å²) in [5, 5.41) is 21.3. The first-order chi connectivity index (χ1) is 10.7. The van der Waals surface area contributed by atoms with Crippen molar-refractivity contribution in [1.29, 1.82) is 0 Å². The molecule has 1 heterocycles. The second kappa shape index (κ2) is 6.93. The van der Waals surface area contributed by atoms with E-state index in [4.69, 9.17) is 0 Å². The van der Waals surface area contributed by atoms with Crippen molar-refractivity contribution in [2.24, 2.45) is 0 Å². The van der Waals surface area contributed by atoms with Crippen LogP contribution in [0.1, 0.15) is 11.1 Å². The minimum absolute atomic E-state index is 0.0532. The fraction of sp³-hybridized carbons (Fsp3) is 0. The van der Waals surface area contributed by atoms with Gasteiger partial charge in [0.1, 0.15) is 5.03 Å². The third kappa shape index (κ3) is 3.26. The molecule has 0 atom stereocenters. The van der Waals surface area contributed by atoms with E-state index in [1.807, 2.05) is 60.7 Å². The maximum Gasteiger partial charge on any atom is 0.104 e. The van der Waals surface area contributed by atoms with E-state index in [0.717, 1.165) is 24.8 Å². The number of hydrogen-bond acceptors (Lipinski definition) is 5. The van der Waals surface area contributed by atoms with E-state index in [0.29, 0.717) is 0 Å². The van der Waals surface area contributed by atoms with Gasteiger partial charge in [0.15, 0.2) is 0 Å². The quantitative estimate of drug-likeness (QED) is 0.678. The number of nitrogens with zero attached hydrogens (tertiary/aromatic N) is 1. The minimum Gasteiger partial charge on any atom is -0.733 e. The van der Waals surface area contributed by atoms with Crippen LogP contribution in [0.2, 0.25) is 0 Å². The fourth-order valence-corrected chi connectivity index (χ4v) is 5.11. The van der Waals surface area contributed by atoms with E-state index in [9.17, 15) is 10.4 Å². The Hall–Kier alpha value is -1.18. The first-order valence-electron chi connectivity index (χ1n) is 6.43. The number of thioether (sulfide) groups is 2. The van der Waals surface area contributed by atoms with Gasteiger partial charge in [0.25, 0.3) is 0 Å². The van der Waals surface area contributed by atoms with Crippen LogP contribution < -0.4 is 0 Å². The maximum absolute atomic E-state index is 11.6. The van der Waals surface area contributed by atoms with Crippen LogP contribution in [-0.4, -0.2) is 10.4 Å². The van der Waals surface area contributed by atoms with Crippen LogP contribution in [0.4, 0.5) is 0 Å². The third-order valence-corrected chi connectivity index (χ3v) is 6.63. The van der Waals surface area contributed by atoms with Gasteiger partial charge in [-0.05, 0) is 27.1 Å². The van der Waals surface area contributed by atoms with Crippen molar-refractivity contribution >= 4 is 49.3 Å². The average Bonchev–Trinajstić information content (AvgIpc) is 2.56. The summed E-state index contributed by atoms with van der Waals surface area (Å²) < 4.78 is 0.924. The predicted molar refractivity (Wildman–Crippen MR) is 97.8 cm³/mol. The summed E-state index contributed by atoms with van der Waals surface area (Å²) in [6.45, 7) is 0. The molecule has 0 fully saturated rings. The van der Waals surface area contributed by atoms with E-state index in [1.165, 1.54) is 23.5 Å². The van der Waals surface area contributed by atoms with Gasteiger partial charge in [-0.3, -0.25) is 5.21 Å². The monoisotopic (exact) mass is 392 g/mol. The van der Waals surface area contributed by atoms with Crippen LogP contribution in [0.15, 0.2) is 69.5 Å². The second-order valence-corrected chi connectivity index (χ2v) is 7.78. The summed E-state index contributed by atoms with van der Waals surface area (Å²) in [5.74, 6) is 0. The Morgan fingerprint density at radius 1 is 0.818 bits per heavy atom. The van der Waals surface area contributed by atoms with Gasteiger partial charge in [-0.25, -0.2) is 0 Å². The molecular weight excluding hydrogens is 382 g/mol. The topological polar surface area (TPSA) is 46.5 Å². The van der Waals surface area contributed by atoms with E-state index in [2.05, 4.69) is 15.9 Å². The predicted octanol–water partition coefficient (Wildman–Crippen LogP) is 5.70. The fourth-order valence-electron chi connectivity index (χ4n) is 2.02. The van der Waals surface area contributed by atoms with Crippen LogP contribution in [-0.2, 0) is 0 Å². The van der Waals surface area contributed by atoms with Crippen molar-refractivity contribution in [2.75, 3.05) is 0 Å². The molecule has 22 heavy (non-hydrogen) atoms. The molecule has 0 unspecified atom stereocenters. The number of hydroxylamine groups is 2. The highest BCUT2D eigenvalue weighted by molar-refractivity contribution is 9.14. The Morgan fingerprint density at radius 2 is 1.32 bits per heavy atom. The van der Waals surface area contributed by atoms with Crippen LogP contribution in [0.3, 0.4) is 0 Å². The lowest BCUT2D eigenvalue weighted by Gasteiger charge is -2.31. The van der Waals surface area contributed by atoms with Crippen molar-refractivity contribution < 1.29 is 5.21 Å². The number of hydrogen-bond donors (Lipinski definition) is 1. The van der Waals surface area contributed by atoms with Gasteiger partial charge in [0.05, 0.1) is 8.72 Å². The molecule has 3 rings (SSSR count). The molecule has 0 saturated carbocycles. The lowest BCUT2D eigenvalue weighted by Crippen LogP contribution is -2.10. The van der Waals surface area contributed by atoms with Crippen molar-refractivity contribution in [1.82, 2.24) is 5.23 Å². The molecule has 0 amide bonds. The van der Waals surface area contributed by atoms with Gasteiger partial charge in [-0.1, -0.05) is 84.2 Å². The summed E-state index contributed by atoms with van der Waals surface area (Å²) in [6.07, 6.45) is 0. The number of halogens is 1. The molecular formula is C16H11BrNO2S2-. The van der Waals surface area contributed by atoms with Gasteiger partial charge < -0.3 is 10.4 Å². The zero-order valence-electron chi connectivity index (χ0n) is 11.3. The van der Waals surface area contributed by atoms with Gasteiger partial charge in [-0.2, -0.15) is 0 Å². The molecule has 3 nitrogen and oxygen atoms in total. The number of benzene rings is 2. The molecule has 2 aromatic carbocycles. The SMILES string of the molecule is [O-]N(O)C1=C(c2ccccc2)SC(Br)=C(c2ccccc2)S1. The average molecular weight is 393 g/mol. The highest BCUT2D eigenvalue weighted by atomic mass is 79.9. The molecule has 1 aliphatic rings. The number of rotatable bonds is 3. The van der Waals surface area contributed by atoms with E-state index >= 15 is 0 Å². The highest BCUT2D eigenvalue weighted by Gasteiger charge is 2.24. The molecule has 0 aliphatic carbocycles. The normalized spacial score (nSPS) is 15.2. The smallest absolute Gasteiger partial charge is 0.104 e. The summed E-state index contributed by atoms with van der Waals surface area (Å²) in [4.78, 5) is 1.64. The summed E-state index contributed by atoms with van der Waals surface area (Å²) >= 11 is 6.28. The van der Waals surface area contributed by atoms with Gasteiger partial charge in [-0.15, -0.1) is 0 Å². The van der Waals surface area contributed by atoms with E-state index in [1.54, 1.807) is 0 Å². The Kier molecular flexibility index (Phi) is 4.95. The van der Waals surface area contributed by atoms with Crippen LogP contribution in [0.25, 0.3) is 9.81 Å². The molecule has 6 heteroatoms. The van der Waals surface area contributed by atoms with Crippen LogP contribution in [0, 0.1) is 5.21 Å². The molecule has 0 bridgehead atoms. The van der Waals surface area contributed by atoms with Crippen molar-refractivity contribution in [3.05, 3.63) is 85.8 Å². The Balaban J connectivity index is 2.03. The summed E-state index contributed by atoms with van der Waals surface area (Å²) in [5.41, 5.74) is 1.90. The molecule has 0 spiro atoms. The van der Waals surface area contributed by atoms with Crippen molar-refractivity contribution in [3.63, 3.8) is 0 Å².